The first-order valence-corrected chi connectivity index (χ1v) is 7.50. The third-order valence-electron chi connectivity index (χ3n) is 3.62. The van der Waals surface area contributed by atoms with Gasteiger partial charge in [0.1, 0.15) is 11.9 Å². The SMILES string of the molecule is COc1cccc(CN2CCOC(c3nnc(C)o3)C2)c1Cl. The molecule has 2 heterocycles. The van der Waals surface area contributed by atoms with Gasteiger partial charge in [0.05, 0.1) is 18.7 Å². The lowest BCUT2D eigenvalue weighted by molar-refractivity contribution is -0.0457. The lowest BCUT2D eigenvalue weighted by Crippen LogP contribution is -2.38. The zero-order valence-corrected chi connectivity index (χ0v) is 13.3. The largest absolute Gasteiger partial charge is 0.495 e. The van der Waals surface area contributed by atoms with E-state index in [1.54, 1.807) is 14.0 Å². The standard InChI is InChI=1S/C15H18ClN3O3/c1-10-17-18-15(22-10)13-9-19(6-7-21-13)8-11-4-3-5-12(20-2)14(11)16/h3-5,13H,6-9H2,1-2H3. The van der Waals surface area contributed by atoms with Crippen LogP contribution in [-0.2, 0) is 11.3 Å². The van der Waals surface area contributed by atoms with E-state index in [0.717, 1.165) is 18.7 Å². The number of nitrogens with zero attached hydrogens (tertiary/aromatic N) is 3. The van der Waals surface area contributed by atoms with Crippen molar-refractivity contribution in [3.05, 3.63) is 40.6 Å². The molecule has 0 amide bonds. The van der Waals surface area contributed by atoms with Crippen molar-refractivity contribution in [3.63, 3.8) is 0 Å². The minimum atomic E-state index is -0.195. The number of morpholine rings is 1. The van der Waals surface area contributed by atoms with Gasteiger partial charge in [-0.3, -0.25) is 4.90 Å². The highest BCUT2D eigenvalue weighted by Crippen LogP contribution is 2.30. The number of halogens is 1. The Bertz CT molecular complexity index is 647. The number of aryl methyl sites for hydroxylation is 1. The third-order valence-corrected chi connectivity index (χ3v) is 4.05. The second-order valence-corrected chi connectivity index (χ2v) is 5.57. The second kappa shape index (κ2) is 6.64. The predicted molar refractivity (Wildman–Crippen MR) is 81.0 cm³/mol. The lowest BCUT2D eigenvalue weighted by atomic mass is 10.1. The van der Waals surface area contributed by atoms with Gasteiger partial charge < -0.3 is 13.9 Å². The number of aromatic nitrogens is 2. The van der Waals surface area contributed by atoms with Crippen LogP contribution < -0.4 is 4.74 Å². The van der Waals surface area contributed by atoms with E-state index in [9.17, 15) is 0 Å². The predicted octanol–water partition coefficient (Wildman–Crippen LogP) is 2.61. The highest BCUT2D eigenvalue weighted by molar-refractivity contribution is 6.32. The molecule has 7 heteroatoms. The van der Waals surface area contributed by atoms with Crippen LogP contribution in [0.4, 0.5) is 0 Å². The monoisotopic (exact) mass is 323 g/mol. The van der Waals surface area contributed by atoms with Gasteiger partial charge in [-0.05, 0) is 11.6 Å². The Morgan fingerprint density at radius 1 is 1.41 bits per heavy atom. The van der Waals surface area contributed by atoms with Crippen molar-refractivity contribution >= 4 is 11.6 Å². The first kappa shape index (κ1) is 15.3. The summed E-state index contributed by atoms with van der Waals surface area (Å²) in [4.78, 5) is 2.26. The molecular formula is C15H18ClN3O3. The molecule has 6 nitrogen and oxygen atoms in total. The molecule has 0 spiro atoms. The summed E-state index contributed by atoms with van der Waals surface area (Å²) >= 11 is 6.36. The molecule has 1 aliphatic rings. The van der Waals surface area contributed by atoms with Crippen LogP contribution in [0.3, 0.4) is 0 Å². The van der Waals surface area contributed by atoms with Crippen LogP contribution in [0.25, 0.3) is 0 Å². The maximum atomic E-state index is 6.36. The molecule has 0 saturated carbocycles. The summed E-state index contributed by atoms with van der Waals surface area (Å²) in [6.45, 7) is 4.64. The summed E-state index contributed by atoms with van der Waals surface area (Å²) in [5.41, 5.74) is 1.03. The Kier molecular flexibility index (Phi) is 4.61. The maximum Gasteiger partial charge on any atom is 0.246 e. The Hall–Kier alpha value is -1.63. The Morgan fingerprint density at radius 2 is 2.27 bits per heavy atom. The van der Waals surface area contributed by atoms with Gasteiger partial charge in [-0.1, -0.05) is 23.7 Å². The fourth-order valence-corrected chi connectivity index (χ4v) is 2.78. The Labute approximate surface area is 134 Å². The van der Waals surface area contributed by atoms with Crippen LogP contribution >= 0.6 is 11.6 Å². The summed E-state index contributed by atoms with van der Waals surface area (Å²) in [6, 6.07) is 5.81. The Morgan fingerprint density at radius 3 is 3.00 bits per heavy atom. The molecular weight excluding hydrogens is 306 g/mol. The third kappa shape index (κ3) is 3.24. The van der Waals surface area contributed by atoms with E-state index < -0.39 is 0 Å². The molecule has 118 valence electrons. The van der Waals surface area contributed by atoms with Gasteiger partial charge >= 0.3 is 0 Å². The molecule has 1 fully saturated rings. The van der Waals surface area contributed by atoms with Gasteiger partial charge in [0, 0.05) is 26.6 Å². The maximum absolute atomic E-state index is 6.36. The Balaban J connectivity index is 1.70. The van der Waals surface area contributed by atoms with E-state index in [4.69, 9.17) is 25.5 Å². The fourth-order valence-electron chi connectivity index (χ4n) is 2.51. The number of ether oxygens (including phenoxy) is 2. The van der Waals surface area contributed by atoms with E-state index in [-0.39, 0.29) is 6.10 Å². The normalized spacial score (nSPS) is 19.3. The molecule has 0 bridgehead atoms. The molecule has 0 N–H and O–H groups in total. The minimum Gasteiger partial charge on any atom is -0.495 e. The molecule has 3 rings (SSSR count). The number of hydrogen-bond acceptors (Lipinski definition) is 6. The van der Waals surface area contributed by atoms with Gasteiger partial charge in [-0.25, -0.2) is 0 Å². The smallest absolute Gasteiger partial charge is 0.246 e. The molecule has 0 aliphatic carbocycles. The number of methoxy groups -OCH3 is 1. The molecule has 2 aromatic rings. The topological polar surface area (TPSA) is 60.6 Å². The highest BCUT2D eigenvalue weighted by Gasteiger charge is 2.26. The highest BCUT2D eigenvalue weighted by atomic mass is 35.5. The van der Waals surface area contributed by atoms with E-state index in [2.05, 4.69) is 15.1 Å². The van der Waals surface area contributed by atoms with Gasteiger partial charge in [0.15, 0.2) is 0 Å². The van der Waals surface area contributed by atoms with Gasteiger partial charge in [0.25, 0.3) is 0 Å². The van der Waals surface area contributed by atoms with Crippen molar-refractivity contribution < 1.29 is 13.9 Å². The first-order chi connectivity index (χ1) is 10.7. The summed E-state index contributed by atoms with van der Waals surface area (Å²) < 4.78 is 16.4. The average molecular weight is 324 g/mol. The molecule has 1 unspecified atom stereocenters. The zero-order chi connectivity index (χ0) is 15.5. The summed E-state index contributed by atoms with van der Waals surface area (Å²) in [7, 11) is 1.62. The van der Waals surface area contributed by atoms with E-state index in [1.165, 1.54) is 0 Å². The molecule has 1 saturated heterocycles. The molecule has 1 aliphatic heterocycles. The van der Waals surface area contributed by atoms with Crippen LogP contribution in [0.5, 0.6) is 5.75 Å². The quantitative estimate of drug-likeness (QED) is 0.862. The van der Waals surface area contributed by atoms with Crippen LogP contribution in [0.2, 0.25) is 5.02 Å². The van der Waals surface area contributed by atoms with Crippen molar-refractivity contribution in [1.82, 2.24) is 15.1 Å². The molecule has 22 heavy (non-hydrogen) atoms. The van der Waals surface area contributed by atoms with Crippen LogP contribution in [0.1, 0.15) is 23.4 Å². The van der Waals surface area contributed by atoms with Crippen molar-refractivity contribution in [2.45, 2.75) is 19.6 Å². The number of hydrogen-bond donors (Lipinski definition) is 0. The average Bonchev–Trinajstić information content (AvgIpc) is 2.96. The van der Waals surface area contributed by atoms with Crippen molar-refractivity contribution in [2.24, 2.45) is 0 Å². The summed E-state index contributed by atoms with van der Waals surface area (Å²) in [6.07, 6.45) is -0.195. The van der Waals surface area contributed by atoms with Gasteiger partial charge in [-0.2, -0.15) is 0 Å². The van der Waals surface area contributed by atoms with Gasteiger partial charge in [-0.15, -0.1) is 10.2 Å². The zero-order valence-electron chi connectivity index (χ0n) is 12.6. The number of benzene rings is 1. The first-order valence-electron chi connectivity index (χ1n) is 7.12. The molecule has 1 aromatic carbocycles. The van der Waals surface area contributed by atoms with Crippen molar-refractivity contribution in [2.75, 3.05) is 26.8 Å². The lowest BCUT2D eigenvalue weighted by Gasteiger charge is -2.31. The number of rotatable bonds is 4. The van der Waals surface area contributed by atoms with E-state index in [1.807, 2.05) is 18.2 Å². The minimum absolute atomic E-state index is 0.195. The molecule has 0 radical (unpaired) electrons. The van der Waals surface area contributed by atoms with Crippen molar-refractivity contribution in [1.29, 1.82) is 0 Å². The molecule has 1 aromatic heterocycles. The van der Waals surface area contributed by atoms with Crippen LogP contribution in [0, 0.1) is 6.92 Å². The fraction of sp³-hybridized carbons (Fsp3) is 0.467. The van der Waals surface area contributed by atoms with Gasteiger partial charge in [0.2, 0.25) is 11.8 Å². The van der Waals surface area contributed by atoms with Crippen LogP contribution in [0.15, 0.2) is 22.6 Å². The second-order valence-electron chi connectivity index (χ2n) is 5.19. The van der Waals surface area contributed by atoms with Crippen LogP contribution in [-0.4, -0.2) is 41.9 Å². The van der Waals surface area contributed by atoms with Crippen molar-refractivity contribution in [3.8, 4) is 5.75 Å². The summed E-state index contributed by atoms with van der Waals surface area (Å²) in [5.74, 6) is 1.77. The summed E-state index contributed by atoms with van der Waals surface area (Å²) in [5, 5.41) is 8.55. The van der Waals surface area contributed by atoms with E-state index in [0.29, 0.717) is 35.7 Å². The van der Waals surface area contributed by atoms with E-state index >= 15 is 0 Å². The molecule has 1 atom stereocenters.